The Morgan fingerprint density at radius 2 is 1.60 bits per heavy atom. The standard InChI is InChI=1S/C20H25N3O6S/c1-12(2)23-16(24)9-15(19(23)27)21-30(28,29)11-20(3,4)10-22-17(25)13-7-5-6-8-14(13)18(22)26/h5-8,12,15,21H,9-11H2,1-4H3. The third-order valence-electron chi connectivity index (χ3n) is 5.07. The number of fused-ring (bicyclic) bond motifs is 1. The minimum atomic E-state index is -3.97. The highest BCUT2D eigenvalue weighted by Crippen LogP contribution is 2.28. The quantitative estimate of drug-likeness (QED) is 0.632. The first kappa shape index (κ1) is 22.1. The van der Waals surface area contributed by atoms with Crippen LogP contribution >= 0.6 is 0 Å². The van der Waals surface area contributed by atoms with E-state index in [0.717, 1.165) is 9.80 Å². The molecule has 30 heavy (non-hydrogen) atoms. The molecule has 2 aliphatic rings. The van der Waals surface area contributed by atoms with Crippen molar-refractivity contribution in [3.8, 4) is 0 Å². The molecule has 1 fully saturated rings. The van der Waals surface area contributed by atoms with E-state index in [2.05, 4.69) is 4.72 Å². The second kappa shape index (κ2) is 7.59. The lowest BCUT2D eigenvalue weighted by Gasteiger charge is -2.29. The zero-order chi connectivity index (χ0) is 22.4. The van der Waals surface area contributed by atoms with Crippen LogP contribution in [0.4, 0.5) is 0 Å². The maximum atomic E-state index is 12.7. The van der Waals surface area contributed by atoms with Crippen LogP contribution in [0.5, 0.6) is 0 Å². The average molecular weight is 436 g/mol. The van der Waals surface area contributed by atoms with Gasteiger partial charge in [-0.3, -0.25) is 29.0 Å². The summed E-state index contributed by atoms with van der Waals surface area (Å²) in [4.78, 5) is 51.6. The molecule has 1 aromatic rings. The maximum absolute atomic E-state index is 12.7. The predicted molar refractivity (Wildman–Crippen MR) is 108 cm³/mol. The number of imide groups is 2. The van der Waals surface area contributed by atoms with Gasteiger partial charge in [0.05, 0.1) is 23.3 Å². The summed E-state index contributed by atoms with van der Waals surface area (Å²) in [6, 6.07) is 4.94. The third kappa shape index (κ3) is 4.15. The Morgan fingerprint density at radius 3 is 2.07 bits per heavy atom. The van der Waals surface area contributed by atoms with E-state index >= 15 is 0 Å². The van der Waals surface area contributed by atoms with Gasteiger partial charge < -0.3 is 0 Å². The van der Waals surface area contributed by atoms with Gasteiger partial charge in [0.2, 0.25) is 21.8 Å². The largest absolute Gasteiger partial charge is 0.279 e. The molecule has 1 saturated heterocycles. The van der Waals surface area contributed by atoms with Crippen molar-refractivity contribution in [2.24, 2.45) is 5.41 Å². The zero-order valence-electron chi connectivity index (χ0n) is 17.3. The first-order valence-electron chi connectivity index (χ1n) is 9.64. The fourth-order valence-corrected chi connectivity index (χ4v) is 5.74. The molecule has 4 amide bonds. The second-order valence-corrected chi connectivity index (χ2v) is 10.5. The predicted octanol–water partition coefficient (Wildman–Crippen LogP) is 0.764. The van der Waals surface area contributed by atoms with Crippen molar-refractivity contribution in [1.82, 2.24) is 14.5 Å². The van der Waals surface area contributed by atoms with E-state index in [1.807, 2.05) is 0 Å². The summed E-state index contributed by atoms with van der Waals surface area (Å²) < 4.78 is 27.7. The highest BCUT2D eigenvalue weighted by atomic mass is 32.2. The first-order valence-corrected chi connectivity index (χ1v) is 11.3. The summed E-state index contributed by atoms with van der Waals surface area (Å²) in [7, 11) is -3.97. The number of carbonyl (C=O) groups is 4. The van der Waals surface area contributed by atoms with E-state index in [1.54, 1.807) is 52.0 Å². The lowest BCUT2D eigenvalue weighted by Crippen LogP contribution is -2.48. The Kier molecular flexibility index (Phi) is 5.59. The third-order valence-corrected chi connectivity index (χ3v) is 6.87. The number of carbonyl (C=O) groups excluding carboxylic acids is 4. The summed E-state index contributed by atoms with van der Waals surface area (Å²) in [6.07, 6.45) is -0.227. The molecule has 2 aliphatic heterocycles. The molecule has 10 heteroatoms. The van der Waals surface area contributed by atoms with Gasteiger partial charge >= 0.3 is 0 Å². The van der Waals surface area contributed by atoms with E-state index in [1.165, 1.54) is 0 Å². The number of nitrogens with zero attached hydrogens (tertiary/aromatic N) is 2. The molecule has 1 atom stereocenters. The molecule has 0 saturated carbocycles. The smallest absolute Gasteiger partial charge is 0.261 e. The first-order chi connectivity index (χ1) is 13.8. The molecule has 162 valence electrons. The summed E-state index contributed by atoms with van der Waals surface area (Å²) in [6.45, 7) is 6.50. The number of likely N-dealkylation sites (tertiary alicyclic amines) is 1. The van der Waals surface area contributed by atoms with Crippen LogP contribution in [0.2, 0.25) is 0 Å². The Morgan fingerprint density at radius 1 is 1.07 bits per heavy atom. The van der Waals surface area contributed by atoms with Crippen LogP contribution in [0.15, 0.2) is 24.3 Å². The molecule has 0 radical (unpaired) electrons. The van der Waals surface area contributed by atoms with E-state index in [4.69, 9.17) is 0 Å². The molecule has 1 unspecified atom stereocenters. The molecule has 0 aliphatic carbocycles. The van der Waals surface area contributed by atoms with Crippen LogP contribution in [-0.2, 0) is 19.6 Å². The minimum absolute atomic E-state index is 0.101. The Bertz CT molecular complexity index is 996. The highest BCUT2D eigenvalue weighted by Gasteiger charge is 2.44. The SMILES string of the molecule is CC(C)N1C(=O)CC(NS(=O)(=O)CC(C)(C)CN2C(=O)c3ccccc3C2=O)C1=O. The molecular formula is C20H25N3O6S. The van der Waals surface area contributed by atoms with E-state index in [0.29, 0.717) is 11.1 Å². The van der Waals surface area contributed by atoms with Crippen LogP contribution in [0.25, 0.3) is 0 Å². The number of benzene rings is 1. The normalized spacial score (nSPS) is 20.0. The second-order valence-electron chi connectivity index (χ2n) is 8.74. The van der Waals surface area contributed by atoms with Crippen molar-refractivity contribution >= 4 is 33.7 Å². The summed E-state index contributed by atoms with van der Waals surface area (Å²) in [5, 5.41) is 0. The van der Waals surface area contributed by atoms with Gasteiger partial charge in [-0.15, -0.1) is 0 Å². The van der Waals surface area contributed by atoms with Crippen molar-refractivity contribution in [1.29, 1.82) is 0 Å². The van der Waals surface area contributed by atoms with Crippen LogP contribution < -0.4 is 4.72 Å². The Hall–Kier alpha value is -2.59. The lowest BCUT2D eigenvalue weighted by atomic mass is 9.95. The van der Waals surface area contributed by atoms with Gasteiger partial charge in [-0.25, -0.2) is 13.1 Å². The van der Waals surface area contributed by atoms with Crippen molar-refractivity contribution in [2.75, 3.05) is 12.3 Å². The summed E-state index contributed by atoms with van der Waals surface area (Å²) >= 11 is 0. The van der Waals surface area contributed by atoms with Gasteiger partial charge in [0.1, 0.15) is 6.04 Å². The Balaban J connectivity index is 1.69. The zero-order valence-corrected chi connectivity index (χ0v) is 18.2. The molecule has 9 nitrogen and oxygen atoms in total. The van der Waals surface area contributed by atoms with Crippen LogP contribution in [0, 0.1) is 5.41 Å². The van der Waals surface area contributed by atoms with Crippen molar-refractivity contribution < 1.29 is 27.6 Å². The van der Waals surface area contributed by atoms with Crippen molar-refractivity contribution in [2.45, 2.75) is 46.2 Å². The van der Waals surface area contributed by atoms with E-state index in [-0.39, 0.29) is 19.0 Å². The van der Waals surface area contributed by atoms with Gasteiger partial charge in [-0.05, 0) is 31.4 Å². The Labute approximate surface area is 175 Å². The number of nitrogens with one attached hydrogen (secondary N) is 1. The van der Waals surface area contributed by atoms with Gasteiger partial charge in [-0.1, -0.05) is 26.0 Å². The number of rotatable bonds is 7. The number of hydrogen-bond acceptors (Lipinski definition) is 6. The number of sulfonamides is 1. The molecule has 1 N–H and O–H groups in total. The molecule has 0 spiro atoms. The van der Waals surface area contributed by atoms with E-state index in [9.17, 15) is 27.6 Å². The monoisotopic (exact) mass is 435 g/mol. The van der Waals surface area contributed by atoms with Gasteiger partial charge in [0, 0.05) is 12.6 Å². The van der Waals surface area contributed by atoms with Gasteiger partial charge in [0.25, 0.3) is 11.8 Å². The molecule has 0 aromatic heterocycles. The van der Waals surface area contributed by atoms with Crippen LogP contribution in [0.1, 0.15) is 54.8 Å². The average Bonchev–Trinajstić information content (AvgIpc) is 3.01. The van der Waals surface area contributed by atoms with Gasteiger partial charge in [0.15, 0.2) is 0 Å². The summed E-state index contributed by atoms with van der Waals surface area (Å²) in [5.74, 6) is -2.34. The molecule has 1 aromatic carbocycles. The minimum Gasteiger partial charge on any atom is -0.279 e. The molecular weight excluding hydrogens is 410 g/mol. The van der Waals surface area contributed by atoms with Crippen molar-refractivity contribution in [3.63, 3.8) is 0 Å². The van der Waals surface area contributed by atoms with Gasteiger partial charge in [-0.2, -0.15) is 0 Å². The van der Waals surface area contributed by atoms with E-state index < -0.39 is 50.9 Å². The maximum Gasteiger partial charge on any atom is 0.261 e. The molecule has 0 bridgehead atoms. The number of hydrogen-bond donors (Lipinski definition) is 1. The highest BCUT2D eigenvalue weighted by molar-refractivity contribution is 7.89. The lowest BCUT2D eigenvalue weighted by molar-refractivity contribution is -0.140. The fraction of sp³-hybridized carbons (Fsp3) is 0.500. The molecule has 2 heterocycles. The van der Waals surface area contributed by atoms with Crippen LogP contribution in [0.3, 0.4) is 0 Å². The van der Waals surface area contributed by atoms with Crippen molar-refractivity contribution in [3.05, 3.63) is 35.4 Å². The number of amides is 4. The fourth-order valence-electron chi connectivity index (χ4n) is 3.91. The molecule has 3 rings (SSSR count). The summed E-state index contributed by atoms with van der Waals surface area (Å²) in [5.41, 5.74) is -0.394. The van der Waals surface area contributed by atoms with Crippen LogP contribution in [-0.4, -0.2) is 66.2 Å². The topological polar surface area (TPSA) is 121 Å².